The summed E-state index contributed by atoms with van der Waals surface area (Å²) in [7, 11) is 4.54. The van der Waals surface area contributed by atoms with Crippen LogP contribution in [0.2, 0.25) is 10.0 Å². The average molecular weight is 966 g/mol. The minimum atomic E-state index is -4.77. The van der Waals surface area contributed by atoms with Crippen LogP contribution in [0.15, 0.2) is 115 Å². The monoisotopic (exact) mass is 964 g/mol. The molecule has 2 aliphatic heterocycles. The number of methoxy groups -OCH3 is 3. The Morgan fingerprint density at radius 1 is 0.794 bits per heavy atom. The van der Waals surface area contributed by atoms with Crippen LogP contribution in [0.4, 0.5) is 24.7 Å². The van der Waals surface area contributed by atoms with E-state index in [4.69, 9.17) is 37.4 Å². The van der Waals surface area contributed by atoms with Gasteiger partial charge >= 0.3 is 6.18 Å². The Hall–Kier alpha value is -7.10. The zero-order valence-corrected chi connectivity index (χ0v) is 38.0. The minimum Gasteiger partial charge on any atom is -0.504 e. The molecule has 1 saturated carbocycles. The van der Waals surface area contributed by atoms with Crippen LogP contribution in [-0.2, 0) is 30.8 Å². The van der Waals surface area contributed by atoms with Crippen LogP contribution in [0, 0.1) is 29.6 Å². The van der Waals surface area contributed by atoms with Gasteiger partial charge in [-0.3, -0.25) is 29.5 Å². The van der Waals surface area contributed by atoms with E-state index in [9.17, 15) is 27.9 Å². The molecule has 0 unspecified atom stereocenters. The van der Waals surface area contributed by atoms with E-state index in [0.29, 0.717) is 51.2 Å². The summed E-state index contributed by atoms with van der Waals surface area (Å²) < 4.78 is 57.1. The molecule has 6 atom stereocenters. The number of nitrogens with one attached hydrogen (secondary N) is 1. The van der Waals surface area contributed by atoms with E-state index >= 15 is 9.59 Å². The Labute approximate surface area is 398 Å². The lowest BCUT2D eigenvalue weighted by molar-refractivity contribution is -0.139. The highest BCUT2D eigenvalue weighted by Crippen LogP contribution is 2.62. The average Bonchev–Trinajstić information content (AvgIpc) is 3.71. The number of pyridine rings is 1. The van der Waals surface area contributed by atoms with E-state index in [-0.39, 0.29) is 30.2 Å². The summed E-state index contributed by atoms with van der Waals surface area (Å²) in [6.45, 7) is 0. The quantitative estimate of drug-likeness (QED) is 0.0745. The lowest BCUT2D eigenvalue weighted by atomic mass is 9.50. The fraction of sp³-hybridized carbons (Fsp3) is 0.235. The Kier molecular flexibility index (Phi) is 12.1. The summed E-state index contributed by atoms with van der Waals surface area (Å²) in [5.41, 5.74) is 3.28. The zero-order valence-electron chi connectivity index (χ0n) is 36.5. The topological polar surface area (TPSA) is 148 Å². The number of phenols is 1. The number of carbonyl (C=O) groups excluding carboxylic acids is 4. The van der Waals surface area contributed by atoms with Gasteiger partial charge in [0.2, 0.25) is 11.8 Å². The number of imide groups is 2. The normalized spacial score (nSPS) is 23.5. The van der Waals surface area contributed by atoms with Gasteiger partial charge in [-0.05, 0) is 96.1 Å². The summed E-state index contributed by atoms with van der Waals surface area (Å²) >= 11 is 12.7. The Balaban J connectivity index is 1.11. The van der Waals surface area contributed by atoms with Crippen molar-refractivity contribution in [2.24, 2.45) is 29.6 Å². The first-order chi connectivity index (χ1) is 32.6. The number of ether oxygens (including phenoxy) is 3. The van der Waals surface area contributed by atoms with E-state index in [0.717, 1.165) is 16.1 Å². The Morgan fingerprint density at radius 3 is 2.19 bits per heavy atom. The number of fused-ring (bicyclic) bond motifs is 4. The molecule has 2 N–H and O–H groups in total. The van der Waals surface area contributed by atoms with Crippen molar-refractivity contribution in [2.75, 3.05) is 31.7 Å². The van der Waals surface area contributed by atoms with Gasteiger partial charge in [0.05, 0.1) is 60.8 Å². The highest BCUT2D eigenvalue weighted by Gasteiger charge is 2.69. The molecule has 0 bridgehead atoms. The lowest BCUT2D eigenvalue weighted by Gasteiger charge is -2.49. The van der Waals surface area contributed by atoms with Crippen molar-refractivity contribution in [1.82, 2.24) is 9.99 Å². The highest BCUT2D eigenvalue weighted by molar-refractivity contribution is 6.33. The highest BCUT2D eigenvalue weighted by atomic mass is 35.5. The molecule has 348 valence electrons. The number of rotatable bonds is 11. The fourth-order valence-electron chi connectivity index (χ4n) is 10.2. The van der Waals surface area contributed by atoms with E-state index in [2.05, 4.69) is 10.4 Å². The fourth-order valence-corrected chi connectivity index (χ4v) is 10.5. The number of aromatic hydroxyl groups is 1. The molecule has 3 heterocycles. The number of hydrazine groups is 1. The number of aromatic nitrogens is 1. The van der Waals surface area contributed by atoms with Gasteiger partial charge in [0, 0.05) is 22.7 Å². The first-order valence-corrected chi connectivity index (χ1v) is 22.1. The van der Waals surface area contributed by atoms with E-state index < -0.39 is 75.4 Å². The predicted molar refractivity (Wildman–Crippen MR) is 249 cm³/mol. The molecule has 17 heteroatoms. The van der Waals surface area contributed by atoms with Crippen LogP contribution in [0.3, 0.4) is 0 Å². The summed E-state index contributed by atoms with van der Waals surface area (Å²) in [4.78, 5) is 64.8. The second kappa shape index (κ2) is 17.8. The number of allylic oxidation sites excluding steroid dienone is 3. The molecule has 5 aromatic rings. The lowest BCUT2D eigenvalue weighted by Crippen LogP contribution is -2.54. The molecule has 68 heavy (non-hydrogen) atoms. The second-order valence-electron chi connectivity index (χ2n) is 16.8. The first kappa shape index (κ1) is 46.0. The van der Waals surface area contributed by atoms with Gasteiger partial charge in [-0.15, -0.1) is 0 Å². The first-order valence-electron chi connectivity index (χ1n) is 21.4. The molecule has 9 rings (SSSR count). The van der Waals surface area contributed by atoms with Crippen molar-refractivity contribution >= 4 is 76.6 Å². The molecule has 4 amide bonds. The number of hydrogen-bond donors (Lipinski definition) is 2. The van der Waals surface area contributed by atoms with Crippen molar-refractivity contribution in [2.45, 2.75) is 24.4 Å². The summed E-state index contributed by atoms with van der Waals surface area (Å²) in [5, 5.41) is 11.0. The summed E-state index contributed by atoms with van der Waals surface area (Å²) in [6, 6.07) is 24.1. The third-order valence-corrected chi connectivity index (χ3v) is 13.9. The van der Waals surface area contributed by atoms with Crippen molar-refractivity contribution in [1.29, 1.82) is 0 Å². The minimum absolute atomic E-state index is 0.0613. The third-order valence-electron chi connectivity index (χ3n) is 13.3. The zero-order chi connectivity index (χ0) is 48.2. The van der Waals surface area contributed by atoms with Crippen LogP contribution in [0.1, 0.15) is 40.7 Å². The Morgan fingerprint density at radius 2 is 1.51 bits per heavy atom. The maximum Gasteiger partial charge on any atom is 0.417 e. The molecule has 1 aromatic heterocycles. The summed E-state index contributed by atoms with van der Waals surface area (Å²) in [5.74, 6) is -5.99. The van der Waals surface area contributed by atoms with E-state index in [1.165, 1.54) is 18.1 Å². The number of amides is 4. The number of anilines is 2. The molecule has 3 fully saturated rings. The van der Waals surface area contributed by atoms with Crippen molar-refractivity contribution in [3.05, 3.63) is 153 Å². The largest absolute Gasteiger partial charge is 0.504 e. The number of alkyl halides is 3. The Bertz CT molecular complexity index is 2960. The van der Waals surface area contributed by atoms with Crippen LogP contribution < -0.4 is 24.5 Å². The molecular weight excluding hydrogens is 924 g/mol. The van der Waals surface area contributed by atoms with Crippen LogP contribution in [-0.4, -0.2) is 60.1 Å². The van der Waals surface area contributed by atoms with Crippen molar-refractivity contribution < 1.29 is 51.7 Å². The molecule has 0 radical (unpaired) electrons. The molecule has 0 spiro atoms. The number of hydrogen-bond acceptors (Lipinski definition) is 10. The van der Waals surface area contributed by atoms with Gasteiger partial charge in [0.1, 0.15) is 11.5 Å². The number of phenolic OH excluding ortho intramolecular Hbond substituents is 1. The van der Waals surface area contributed by atoms with Crippen LogP contribution in [0.25, 0.3) is 18.2 Å². The predicted octanol–water partition coefficient (Wildman–Crippen LogP) is 10.0. The van der Waals surface area contributed by atoms with Crippen LogP contribution in [0.5, 0.6) is 23.0 Å². The number of benzene rings is 4. The van der Waals surface area contributed by atoms with Gasteiger partial charge in [0.15, 0.2) is 17.3 Å². The van der Waals surface area contributed by atoms with Gasteiger partial charge < -0.3 is 19.3 Å². The maximum atomic E-state index is 15.4. The van der Waals surface area contributed by atoms with Crippen LogP contribution >= 0.6 is 23.2 Å². The van der Waals surface area contributed by atoms with E-state index in [1.807, 2.05) is 24.3 Å². The molecule has 2 saturated heterocycles. The van der Waals surface area contributed by atoms with Gasteiger partial charge in [0.25, 0.3) is 11.8 Å². The molecule has 2 aliphatic carbocycles. The SMILES string of the molecule is COc1ccc(OC)c(C=Cc2ccc(N3C(=O)[C@H]4[C@H](CC=C5[C@H]4C[C@H]4C(=O)N(Nc6ncc(C(F)(F)F)cc6Cl)C(=O)[C@@]4(c4ccc(Cl)cc4)[C@H]5C=Cc4ccc(O)c(OC)c4)C3=O)cc2)c1. The second-order valence-corrected chi connectivity index (χ2v) is 17.6. The molecular formula is C51H41Cl2F3N4O8. The number of nitrogens with zero attached hydrogens (tertiary/aromatic N) is 3. The third kappa shape index (κ3) is 7.82. The standard InChI is InChI=1S/C51H41Cl2F3N4O8/c1-66-34-16-21-42(67-2)29(23-34)9-4-27-5-14-33(15-6-27)59-46(62)36-18-17-35-37(44(36)48(59)64)25-39-47(63)60(58-45-40(53)24-31(26-57-45)51(54,55)56)49(65)50(39,30-10-12-32(52)13-11-30)38(35)19-7-28-8-20-41(61)43(22-28)68-3/h4-17,19-24,26,36-39,44,61H,18,25H2,1-3H3,(H,57,58)/t36-,37+,38-,39-,44-,50-/m0/s1. The van der Waals surface area contributed by atoms with Crippen molar-refractivity contribution in [3.8, 4) is 23.0 Å². The molecule has 4 aromatic carbocycles. The van der Waals surface area contributed by atoms with Gasteiger partial charge in [-0.25, -0.2) is 4.98 Å². The number of carbonyl (C=O) groups is 4. The molecule has 4 aliphatic rings. The van der Waals surface area contributed by atoms with E-state index in [1.54, 1.807) is 99.2 Å². The van der Waals surface area contributed by atoms with Gasteiger partial charge in [-0.2, -0.15) is 18.2 Å². The summed E-state index contributed by atoms with van der Waals surface area (Å²) in [6.07, 6.45) is 4.93. The molecule has 12 nitrogen and oxygen atoms in total. The maximum absolute atomic E-state index is 15.4. The van der Waals surface area contributed by atoms with Gasteiger partial charge in [-0.1, -0.05) is 89.5 Å². The smallest absolute Gasteiger partial charge is 0.417 e. The number of halogens is 5. The van der Waals surface area contributed by atoms with Crippen molar-refractivity contribution in [3.63, 3.8) is 0 Å².